The normalized spacial score (nSPS) is 9.00. The summed E-state index contributed by atoms with van der Waals surface area (Å²) in [6, 6.07) is 8.21. The summed E-state index contributed by atoms with van der Waals surface area (Å²) in [6.45, 7) is 0.0442. The fourth-order valence-corrected chi connectivity index (χ4v) is 1.05. The fraction of sp³-hybridized carbons (Fsp3) is 0.182. The molecule has 1 aromatic carbocycles. The molecule has 0 amide bonds. The molecular weight excluding hydrogens is 194 g/mol. The molecule has 0 spiro atoms. The molecule has 0 saturated heterocycles. The SMILES string of the molecule is N#CCCOC(=O)c1ccccc1C=O. The molecule has 1 aromatic rings. The first kappa shape index (κ1) is 10.9. The van der Waals surface area contributed by atoms with Crippen LogP contribution >= 0.6 is 0 Å². The summed E-state index contributed by atoms with van der Waals surface area (Å²) in [5.74, 6) is -0.576. The Morgan fingerprint density at radius 3 is 2.87 bits per heavy atom. The van der Waals surface area contributed by atoms with E-state index in [1.54, 1.807) is 12.1 Å². The van der Waals surface area contributed by atoms with Crippen LogP contribution in [0.5, 0.6) is 0 Å². The maximum absolute atomic E-state index is 11.4. The Morgan fingerprint density at radius 1 is 1.47 bits per heavy atom. The summed E-state index contributed by atoms with van der Waals surface area (Å²) in [6.07, 6.45) is 0.746. The van der Waals surface area contributed by atoms with Crippen LogP contribution in [0.25, 0.3) is 0 Å². The van der Waals surface area contributed by atoms with Gasteiger partial charge in [-0.25, -0.2) is 4.79 Å². The lowest BCUT2D eigenvalue weighted by Gasteiger charge is -2.03. The minimum atomic E-state index is -0.576. The smallest absolute Gasteiger partial charge is 0.338 e. The van der Waals surface area contributed by atoms with Crippen molar-refractivity contribution >= 4 is 12.3 Å². The average molecular weight is 203 g/mol. The molecule has 0 heterocycles. The number of hydrogen-bond donors (Lipinski definition) is 0. The third-order valence-corrected chi connectivity index (χ3v) is 1.75. The van der Waals surface area contributed by atoms with Crippen molar-refractivity contribution in [3.8, 4) is 6.07 Å². The number of nitriles is 1. The molecule has 0 aliphatic heterocycles. The molecule has 0 aliphatic carbocycles. The maximum Gasteiger partial charge on any atom is 0.338 e. The molecule has 0 atom stereocenters. The third-order valence-electron chi connectivity index (χ3n) is 1.75. The highest BCUT2D eigenvalue weighted by atomic mass is 16.5. The molecular formula is C11H9NO3. The minimum absolute atomic E-state index is 0.0442. The van der Waals surface area contributed by atoms with Gasteiger partial charge in [0.05, 0.1) is 18.1 Å². The van der Waals surface area contributed by atoms with Gasteiger partial charge in [0, 0.05) is 5.56 Å². The van der Waals surface area contributed by atoms with Crippen molar-refractivity contribution in [3.63, 3.8) is 0 Å². The van der Waals surface area contributed by atoms with Gasteiger partial charge in [0.2, 0.25) is 0 Å². The fourth-order valence-electron chi connectivity index (χ4n) is 1.05. The number of nitrogens with zero attached hydrogens (tertiary/aromatic N) is 1. The molecule has 76 valence electrons. The first-order valence-corrected chi connectivity index (χ1v) is 4.38. The van der Waals surface area contributed by atoms with Crippen LogP contribution in [0.1, 0.15) is 27.1 Å². The van der Waals surface area contributed by atoms with E-state index in [1.807, 2.05) is 6.07 Å². The Morgan fingerprint density at radius 2 is 2.20 bits per heavy atom. The highest BCUT2D eigenvalue weighted by molar-refractivity contribution is 5.98. The Labute approximate surface area is 87.1 Å². The van der Waals surface area contributed by atoms with E-state index in [-0.39, 0.29) is 18.6 Å². The first-order chi connectivity index (χ1) is 7.29. The third kappa shape index (κ3) is 2.92. The second-order valence-corrected chi connectivity index (χ2v) is 2.75. The van der Waals surface area contributed by atoms with Gasteiger partial charge in [0.25, 0.3) is 0 Å². The summed E-state index contributed by atoms with van der Waals surface area (Å²) in [5.41, 5.74) is 0.518. The van der Waals surface area contributed by atoms with Crippen LogP contribution in [0.15, 0.2) is 24.3 Å². The van der Waals surface area contributed by atoms with Crippen LogP contribution in [-0.2, 0) is 4.74 Å². The monoisotopic (exact) mass is 203 g/mol. The number of ether oxygens (including phenoxy) is 1. The van der Waals surface area contributed by atoms with Crippen LogP contribution in [-0.4, -0.2) is 18.9 Å². The van der Waals surface area contributed by atoms with Gasteiger partial charge in [-0.2, -0.15) is 5.26 Å². The van der Waals surface area contributed by atoms with Gasteiger partial charge in [-0.15, -0.1) is 0 Å². The van der Waals surface area contributed by atoms with E-state index in [0.29, 0.717) is 11.8 Å². The van der Waals surface area contributed by atoms with E-state index in [2.05, 4.69) is 0 Å². The molecule has 1 rings (SSSR count). The molecule has 0 aromatic heterocycles. The lowest BCUT2D eigenvalue weighted by molar-refractivity contribution is 0.0511. The van der Waals surface area contributed by atoms with Gasteiger partial charge in [0.1, 0.15) is 6.61 Å². The van der Waals surface area contributed by atoms with E-state index >= 15 is 0 Å². The van der Waals surface area contributed by atoms with E-state index in [1.165, 1.54) is 12.1 Å². The number of aldehydes is 1. The van der Waals surface area contributed by atoms with Crippen molar-refractivity contribution in [2.24, 2.45) is 0 Å². The molecule has 0 bridgehead atoms. The number of carbonyl (C=O) groups excluding carboxylic acids is 2. The van der Waals surface area contributed by atoms with Gasteiger partial charge in [-0.1, -0.05) is 18.2 Å². The Balaban J connectivity index is 2.73. The van der Waals surface area contributed by atoms with Crippen LogP contribution < -0.4 is 0 Å². The molecule has 0 saturated carbocycles. The molecule has 0 fully saturated rings. The van der Waals surface area contributed by atoms with Crippen LogP contribution in [0.3, 0.4) is 0 Å². The first-order valence-electron chi connectivity index (χ1n) is 4.38. The average Bonchev–Trinajstić information content (AvgIpc) is 2.29. The van der Waals surface area contributed by atoms with E-state index in [9.17, 15) is 9.59 Å². The van der Waals surface area contributed by atoms with Gasteiger partial charge in [0.15, 0.2) is 6.29 Å². The zero-order valence-electron chi connectivity index (χ0n) is 7.97. The highest BCUT2D eigenvalue weighted by Crippen LogP contribution is 2.07. The standard InChI is InChI=1S/C11H9NO3/c12-6-3-7-15-11(14)10-5-2-1-4-9(10)8-13/h1-2,4-5,8H,3,7H2. The molecule has 0 radical (unpaired) electrons. The molecule has 15 heavy (non-hydrogen) atoms. The predicted molar refractivity (Wildman–Crippen MR) is 52.3 cm³/mol. The topological polar surface area (TPSA) is 67.2 Å². The lowest BCUT2D eigenvalue weighted by atomic mass is 10.1. The van der Waals surface area contributed by atoms with E-state index < -0.39 is 5.97 Å². The van der Waals surface area contributed by atoms with Crippen molar-refractivity contribution in [1.82, 2.24) is 0 Å². The molecule has 0 N–H and O–H groups in total. The summed E-state index contributed by atoms with van der Waals surface area (Å²) in [4.78, 5) is 22.0. The molecule has 4 heteroatoms. The van der Waals surface area contributed by atoms with Crippen molar-refractivity contribution in [3.05, 3.63) is 35.4 Å². The van der Waals surface area contributed by atoms with Gasteiger partial charge < -0.3 is 4.74 Å². The Bertz CT molecular complexity index is 407. The maximum atomic E-state index is 11.4. The number of esters is 1. The zero-order chi connectivity index (χ0) is 11.1. The second-order valence-electron chi connectivity index (χ2n) is 2.75. The number of benzene rings is 1. The van der Waals surface area contributed by atoms with Crippen LogP contribution in [0.2, 0.25) is 0 Å². The Hall–Kier alpha value is -2.15. The Kier molecular flexibility index (Phi) is 4.05. The van der Waals surface area contributed by atoms with E-state index in [4.69, 9.17) is 10.00 Å². The van der Waals surface area contributed by atoms with E-state index in [0.717, 1.165) is 0 Å². The summed E-state index contributed by atoms with van der Waals surface area (Å²) < 4.78 is 4.79. The summed E-state index contributed by atoms with van der Waals surface area (Å²) >= 11 is 0. The predicted octanol–water partition coefficient (Wildman–Crippen LogP) is 1.57. The van der Waals surface area contributed by atoms with Gasteiger partial charge in [-0.3, -0.25) is 4.79 Å². The summed E-state index contributed by atoms with van der Waals surface area (Å²) in [5, 5.41) is 8.25. The number of hydrogen-bond acceptors (Lipinski definition) is 4. The van der Waals surface area contributed by atoms with Gasteiger partial charge >= 0.3 is 5.97 Å². The molecule has 4 nitrogen and oxygen atoms in total. The van der Waals surface area contributed by atoms with Crippen molar-refractivity contribution in [2.45, 2.75) is 6.42 Å². The summed E-state index contributed by atoms with van der Waals surface area (Å²) in [7, 11) is 0. The van der Waals surface area contributed by atoms with Crippen molar-refractivity contribution < 1.29 is 14.3 Å². The molecule has 0 unspecified atom stereocenters. The number of rotatable bonds is 4. The molecule has 0 aliphatic rings. The largest absolute Gasteiger partial charge is 0.461 e. The highest BCUT2D eigenvalue weighted by Gasteiger charge is 2.10. The lowest BCUT2D eigenvalue weighted by Crippen LogP contribution is -2.08. The van der Waals surface area contributed by atoms with Crippen molar-refractivity contribution in [2.75, 3.05) is 6.61 Å². The quantitative estimate of drug-likeness (QED) is 0.423. The minimum Gasteiger partial charge on any atom is -0.461 e. The zero-order valence-corrected chi connectivity index (χ0v) is 7.97. The van der Waals surface area contributed by atoms with Crippen LogP contribution in [0, 0.1) is 11.3 Å². The van der Waals surface area contributed by atoms with Crippen molar-refractivity contribution in [1.29, 1.82) is 5.26 Å². The van der Waals surface area contributed by atoms with Gasteiger partial charge in [-0.05, 0) is 6.07 Å². The van der Waals surface area contributed by atoms with Crippen LogP contribution in [0.4, 0.5) is 0 Å². The second kappa shape index (κ2) is 5.55. The number of carbonyl (C=O) groups is 2.